The Morgan fingerprint density at radius 3 is 2.52 bits per heavy atom. The maximum atomic E-state index is 13.2. The lowest BCUT2D eigenvalue weighted by atomic mass is 9.90. The minimum absolute atomic E-state index is 0.109. The number of hydrogen-bond donors (Lipinski definition) is 1. The first-order valence-corrected chi connectivity index (χ1v) is 9.86. The van der Waals surface area contributed by atoms with Crippen LogP contribution in [0.2, 0.25) is 0 Å². The molecule has 0 bridgehead atoms. The highest BCUT2D eigenvalue weighted by Gasteiger charge is 2.49. The Hall–Kier alpha value is -2.93. The summed E-state index contributed by atoms with van der Waals surface area (Å²) in [6.45, 7) is 3.26. The quantitative estimate of drug-likeness (QED) is 0.636. The summed E-state index contributed by atoms with van der Waals surface area (Å²) in [5.41, 5.74) is -0.327. The highest BCUT2D eigenvalue weighted by molar-refractivity contribution is 6.07. The molecule has 1 atom stereocenters. The van der Waals surface area contributed by atoms with Gasteiger partial charge in [-0.15, -0.1) is 0 Å². The highest BCUT2D eigenvalue weighted by Crippen LogP contribution is 2.31. The second-order valence-corrected chi connectivity index (χ2v) is 7.91. The van der Waals surface area contributed by atoms with E-state index in [-0.39, 0.29) is 30.5 Å². The lowest BCUT2D eigenvalue weighted by Crippen LogP contribution is -2.46. The number of ether oxygens (including phenoxy) is 1. The van der Waals surface area contributed by atoms with Crippen molar-refractivity contribution in [3.63, 3.8) is 0 Å². The van der Waals surface area contributed by atoms with E-state index in [0.29, 0.717) is 25.9 Å². The van der Waals surface area contributed by atoms with Gasteiger partial charge in [-0.1, -0.05) is 36.4 Å². The number of carbonyl (C=O) groups is 3. The summed E-state index contributed by atoms with van der Waals surface area (Å²) < 4.78 is 4.81. The van der Waals surface area contributed by atoms with Gasteiger partial charge in [-0.05, 0) is 42.2 Å². The number of carbonyl (C=O) groups excluding carboxylic acids is 3. The van der Waals surface area contributed by atoms with E-state index in [2.05, 4.69) is 5.32 Å². The zero-order valence-electron chi connectivity index (χ0n) is 16.7. The first-order valence-electron chi connectivity index (χ1n) is 9.86. The number of imide groups is 1. The summed E-state index contributed by atoms with van der Waals surface area (Å²) >= 11 is 0. The number of fused-ring (bicyclic) bond motifs is 1. The van der Waals surface area contributed by atoms with Crippen molar-refractivity contribution in [1.82, 2.24) is 15.1 Å². The van der Waals surface area contributed by atoms with Gasteiger partial charge in [-0.25, -0.2) is 9.69 Å². The second kappa shape index (κ2) is 7.48. The molecule has 3 amide bonds. The van der Waals surface area contributed by atoms with Gasteiger partial charge in [-0.2, -0.15) is 0 Å². The molecule has 0 aromatic heterocycles. The molecule has 2 fully saturated rings. The highest BCUT2D eigenvalue weighted by atomic mass is 16.5. The SMILES string of the molecule is COC(=O)C1CCN(CN2C(=O)N[C@](C)(c3ccc4ccccc4c3)C2=O)CC1. The van der Waals surface area contributed by atoms with E-state index in [1.165, 1.54) is 12.0 Å². The maximum Gasteiger partial charge on any atom is 0.326 e. The normalized spacial score (nSPS) is 23.4. The topological polar surface area (TPSA) is 79.0 Å². The van der Waals surface area contributed by atoms with Crippen molar-refractivity contribution < 1.29 is 19.1 Å². The lowest BCUT2D eigenvalue weighted by molar-refractivity contribution is -0.147. The van der Waals surface area contributed by atoms with E-state index in [1.54, 1.807) is 6.92 Å². The minimum Gasteiger partial charge on any atom is -0.469 e. The van der Waals surface area contributed by atoms with Crippen LogP contribution >= 0.6 is 0 Å². The van der Waals surface area contributed by atoms with Gasteiger partial charge in [0.15, 0.2) is 0 Å². The molecule has 2 aromatic rings. The first-order chi connectivity index (χ1) is 13.9. The Labute approximate surface area is 169 Å². The zero-order chi connectivity index (χ0) is 20.6. The first kappa shape index (κ1) is 19.4. The van der Waals surface area contributed by atoms with Crippen LogP contribution in [0.4, 0.5) is 4.79 Å². The van der Waals surface area contributed by atoms with Crippen LogP contribution in [-0.4, -0.2) is 54.6 Å². The molecule has 0 unspecified atom stereocenters. The molecule has 2 aromatic carbocycles. The van der Waals surface area contributed by atoms with E-state index in [9.17, 15) is 14.4 Å². The second-order valence-electron chi connectivity index (χ2n) is 7.91. The van der Waals surface area contributed by atoms with Gasteiger partial charge in [0.1, 0.15) is 5.54 Å². The summed E-state index contributed by atoms with van der Waals surface area (Å²) in [4.78, 5) is 40.8. The Morgan fingerprint density at radius 1 is 1.14 bits per heavy atom. The van der Waals surface area contributed by atoms with E-state index >= 15 is 0 Å². The van der Waals surface area contributed by atoms with Gasteiger partial charge in [0, 0.05) is 13.1 Å². The molecule has 2 heterocycles. The predicted molar refractivity (Wildman–Crippen MR) is 108 cm³/mol. The number of amides is 3. The van der Waals surface area contributed by atoms with E-state index in [0.717, 1.165) is 16.3 Å². The van der Waals surface area contributed by atoms with Crippen LogP contribution in [0.25, 0.3) is 10.8 Å². The van der Waals surface area contributed by atoms with Crippen molar-refractivity contribution in [1.29, 1.82) is 0 Å². The van der Waals surface area contributed by atoms with Crippen LogP contribution in [-0.2, 0) is 19.9 Å². The third-order valence-electron chi connectivity index (χ3n) is 6.07. The number of piperidine rings is 1. The number of benzene rings is 2. The number of hydrogen-bond acceptors (Lipinski definition) is 5. The number of likely N-dealkylation sites (tertiary alicyclic amines) is 1. The molecule has 4 rings (SSSR count). The average Bonchev–Trinajstić information content (AvgIpc) is 2.97. The lowest BCUT2D eigenvalue weighted by Gasteiger charge is -2.32. The zero-order valence-corrected chi connectivity index (χ0v) is 16.7. The van der Waals surface area contributed by atoms with Gasteiger partial charge >= 0.3 is 12.0 Å². The van der Waals surface area contributed by atoms with Crippen molar-refractivity contribution in [2.75, 3.05) is 26.9 Å². The van der Waals surface area contributed by atoms with Crippen LogP contribution in [0.1, 0.15) is 25.3 Å². The molecule has 29 heavy (non-hydrogen) atoms. The fraction of sp³-hybridized carbons (Fsp3) is 0.409. The monoisotopic (exact) mass is 395 g/mol. The van der Waals surface area contributed by atoms with Crippen molar-refractivity contribution >= 4 is 28.7 Å². The summed E-state index contributed by atoms with van der Waals surface area (Å²) in [6.07, 6.45) is 1.33. The van der Waals surface area contributed by atoms with Crippen LogP contribution < -0.4 is 5.32 Å². The largest absolute Gasteiger partial charge is 0.469 e. The van der Waals surface area contributed by atoms with Gasteiger partial charge < -0.3 is 10.1 Å². The smallest absolute Gasteiger partial charge is 0.326 e. The van der Waals surface area contributed by atoms with E-state index < -0.39 is 5.54 Å². The van der Waals surface area contributed by atoms with Crippen molar-refractivity contribution in [3.8, 4) is 0 Å². The maximum absolute atomic E-state index is 13.2. The number of rotatable bonds is 4. The number of methoxy groups -OCH3 is 1. The Balaban J connectivity index is 1.49. The summed E-state index contributed by atoms with van der Waals surface area (Å²) in [6, 6.07) is 13.4. The Kier molecular flexibility index (Phi) is 5.00. The number of urea groups is 1. The van der Waals surface area contributed by atoms with Gasteiger partial charge in [0.2, 0.25) is 0 Å². The minimum atomic E-state index is -1.09. The molecular weight excluding hydrogens is 370 g/mol. The predicted octanol–water partition coefficient (Wildman–Crippen LogP) is 2.45. The molecule has 2 aliphatic heterocycles. The van der Waals surface area contributed by atoms with Crippen molar-refractivity contribution in [3.05, 3.63) is 48.0 Å². The fourth-order valence-corrected chi connectivity index (χ4v) is 4.20. The number of nitrogens with one attached hydrogen (secondary N) is 1. The molecule has 2 aliphatic rings. The molecule has 0 spiro atoms. The molecule has 0 radical (unpaired) electrons. The third-order valence-corrected chi connectivity index (χ3v) is 6.07. The molecule has 7 heteroatoms. The summed E-state index contributed by atoms with van der Waals surface area (Å²) in [7, 11) is 1.40. The molecule has 152 valence electrons. The fourth-order valence-electron chi connectivity index (χ4n) is 4.20. The molecule has 2 saturated heterocycles. The molecule has 0 saturated carbocycles. The number of nitrogens with zero attached hydrogens (tertiary/aromatic N) is 2. The molecule has 7 nitrogen and oxygen atoms in total. The van der Waals surface area contributed by atoms with Crippen molar-refractivity contribution in [2.24, 2.45) is 5.92 Å². The van der Waals surface area contributed by atoms with Crippen LogP contribution in [0, 0.1) is 5.92 Å². The average molecular weight is 395 g/mol. The van der Waals surface area contributed by atoms with E-state index in [4.69, 9.17) is 4.74 Å². The van der Waals surface area contributed by atoms with Crippen molar-refractivity contribution in [2.45, 2.75) is 25.3 Å². The van der Waals surface area contributed by atoms with Crippen LogP contribution in [0.3, 0.4) is 0 Å². The Bertz CT molecular complexity index is 967. The summed E-state index contributed by atoms with van der Waals surface area (Å²) in [5, 5.41) is 4.98. The molecule has 0 aliphatic carbocycles. The van der Waals surface area contributed by atoms with Gasteiger partial charge in [0.25, 0.3) is 5.91 Å². The molecule has 1 N–H and O–H groups in total. The molecular formula is C22H25N3O4. The van der Waals surface area contributed by atoms with Crippen LogP contribution in [0.5, 0.6) is 0 Å². The summed E-state index contributed by atoms with van der Waals surface area (Å²) in [5.74, 6) is -0.557. The van der Waals surface area contributed by atoms with Gasteiger partial charge in [0.05, 0.1) is 19.7 Å². The van der Waals surface area contributed by atoms with Crippen LogP contribution in [0.15, 0.2) is 42.5 Å². The standard InChI is InChI=1S/C22H25N3O4/c1-22(18-8-7-15-5-3-4-6-17(15)13-18)20(27)25(21(28)23-22)14-24-11-9-16(10-12-24)19(26)29-2/h3-8,13,16H,9-12,14H2,1-2H3,(H,23,28)/t22-/m1/s1. The number of esters is 1. The van der Waals surface area contributed by atoms with E-state index in [1.807, 2.05) is 47.4 Å². The van der Waals surface area contributed by atoms with Gasteiger partial charge in [-0.3, -0.25) is 14.5 Å². The Morgan fingerprint density at radius 2 is 1.83 bits per heavy atom. The third kappa shape index (κ3) is 3.46.